The highest BCUT2D eigenvalue weighted by atomic mass is 19.1. The van der Waals surface area contributed by atoms with Gasteiger partial charge < -0.3 is 14.2 Å². The molecule has 1 aliphatic heterocycles. The van der Waals surface area contributed by atoms with Crippen LogP contribution in [0.5, 0.6) is 0 Å². The van der Waals surface area contributed by atoms with Crippen LogP contribution in [-0.2, 0) is 20.6 Å². The summed E-state index contributed by atoms with van der Waals surface area (Å²) in [6.45, 7) is 1.66. The Morgan fingerprint density at radius 3 is 2.31 bits per heavy atom. The van der Waals surface area contributed by atoms with Gasteiger partial charge in [-0.05, 0) is 59.2 Å². The molecule has 4 rings (SSSR count). The number of aryl methyl sites for hydroxylation is 1. The van der Waals surface area contributed by atoms with Gasteiger partial charge in [-0.25, -0.2) is 13.2 Å². The van der Waals surface area contributed by atoms with Gasteiger partial charge in [0.15, 0.2) is 6.29 Å². The Bertz CT molecular complexity index is 1130. The maximum absolute atomic E-state index is 14.6. The first kappa shape index (κ1) is 22.3. The molecule has 3 aromatic carbocycles. The molecular formula is C26H23F3O3. The predicted molar refractivity (Wildman–Crippen MR) is 116 cm³/mol. The van der Waals surface area contributed by atoms with Crippen molar-refractivity contribution in [2.24, 2.45) is 5.92 Å². The van der Waals surface area contributed by atoms with Crippen LogP contribution in [0, 0.1) is 35.2 Å². The lowest BCUT2D eigenvalue weighted by Crippen LogP contribution is -2.34. The van der Waals surface area contributed by atoms with E-state index in [1.54, 1.807) is 31.4 Å². The van der Waals surface area contributed by atoms with Crippen molar-refractivity contribution in [3.05, 3.63) is 82.7 Å². The second-order valence-electron chi connectivity index (χ2n) is 7.85. The van der Waals surface area contributed by atoms with Crippen LogP contribution >= 0.6 is 0 Å². The molecule has 1 fully saturated rings. The highest BCUT2D eigenvalue weighted by Crippen LogP contribution is 2.21. The van der Waals surface area contributed by atoms with Gasteiger partial charge in [0.1, 0.15) is 17.5 Å². The lowest BCUT2D eigenvalue weighted by atomic mass is 10.0. The Hall–Kier alpha value is -2.85. The molecule has 0 aliphatic carbocycles. The van der Waals surface area contributed by atoms with Crippen molar-refractivity contribution in [1.29, 1.82) is 0 Å². The van der Waals surface area contributed by atoms with Gasteiger partial charge in [-0.15, -0.1) is 0 Å². The average molecular weight is 440 g/mol. The van der Waals surface area contributed by atoms with Gasteiger partial charge in [-0.2, -0.15) is 0 Å². The first-order valence-electron chi connectivity index (χ1n) is 10.4. The van der Waals surface area contributed by atoms with Crippen LogP contribution in [0.15, 0.2) is 48.5 Å². The van der Waals surface area contributed by atoms with Gasteiger partial charge >= 0.3 is 0 Å². The number of benzene rings is 3. The molecule has 0 amide bonds. The topological polar surface area (TPSA) is 27.7 Å². The van der Waals surface area contributed by atoms with E-state index < -0.39 is 17.9 Å². The third kappa shape index (κ3) is 5.49. The lowest BCUT2D eigenvalue weighted by molar-refractivity contribution is -0.208. The highest BCUT2D eigenvalue weighted by molar-refractivity contribution is 5.84. The first-order valence-corrected chi connectivity index (χ1v) is 10.4. The standard InChI is InChI=1S/C26H23F3O3/c1-30-14-19-15-31-26(32-16-19)9-4-18-11-24(28)23(25(29)12-18)8-3-17-2-5-21-13-22(27)7-6-20(21)10-17/h2,5-7,10-13,19,26H,4,9,14-16H2,1H3. The van der Waals surface area contributed by atoms with Crippen molar-refractivity contribution in [2.45, 2.75) is 19.1 Å². The zero-order valence-electron chi connectivity index (χ0n) is 17.7. The van der Waals surface area contributed by atoms with Crippen molar-refractivity contribution in [3.8, 4) is 11.8 Å². The van der Waals surface area contributed by atoms with Gasteiger partial charge in [-0.1, -0.05) is 24.0 Å². The maximum Gasteiger partial charge on any atom is 0.157 e. The molecule has 0 N–H and O–H groups in total. The average Bonchev–Trinajstić information content (AvgIpc) is 2.78. The summed E-state index contributed by atoms with van der Waals surface area (Å²) in [5.74, 6) is 3.85. The third-order valence-electron chi connectivity index (χ3n) is 5.34. The zero-order valence-corrected chi connectivity index (χ0v) is 17.7. The molecule has 0 unspecified atom stereocenters. The van der Waals surface area contributed by atoms with Gasteiger partial charge in [0, 0.05) is 25.0 Å². The van der Waals surface area contributed by atoms with E-state index in [1.165, 1.54) is 24.3 Å². The third-order valence-corrected chi connectivity index (χ3v) is 5.34. The maximum atomic E-state index is 14.6. The number of hydrogen-bond donors (Lipinski definition) is 0. The van der Waals surface area contributed by atoms with Crippen molar-refractivity contribution < 1.29 is 27.4 Å². The summed E-state index contributed by atoms with van der Waals surface area (Å²) in [7, 11) is 1.63. The Kier molecular flexibility index (Phi) is 7.11. The van der Waals surface area contributed by atoms with Crippen molar-refractivity contribution in [3.63, 3.8) is 0 Å². The molecule has 0 saturated carbocycles. The Labute approximate surface area is 185 Å². The number of fused-ring (bicyclic) bond motifs is 1. The first-order chi connectivity index (χ1) is 15.5. The van der Waals surface area contributed by atoms with Crippen molar-refractivity contribution in [2.75, 3.05) is 26.9 Å². The Morgan fingerprint density at radius 2 is 1.59 bits per heavy atom. The molecule has 166 valence electrons. The molecule has 0 aromatic heterocycles. The van der Waals surface area contributed by atoms with Crippen LogP contribution in [0.2, 0.25) is 0 Å². The number of methoxy groups -OCH3 is 1. The van der Waals surface area contributed by atoms with Gasteiger partial charge in [-0.3, -0.25) is 0 Å². The zero-order chi connectivity index (χ0) is 22.5. The smallest absolute Gasteiger partial charge is 0.157 e. The molecule has 0 radical (unpaired) electrons. The second-order valence-corrected chi connectivity index (χ2v) is 7.85. The molecule has 3 aromatic rings. The minimum atomic E-state index is -0.707. The SMILES string of the molecule is COCC1COC(CCc2cc(F)c(C#Cc3ccc4cc(F)ccc4c3)c(F)c2)OC1. The summed E-state index contributed by atoms with van der Waals surface area (Å²) in [6, 6.07) is 12.2. The molecule has 1 heterocycles. The van der Waals surface area contributed by atoms with Gasteiger partial charge in [0.05, 0.1) is 25.4 Å². The summed E-state index contributed by atoms with van der Waals surface area (Å²) in [4.78, 5) is 0. The van der Waals surface area contributed by atoms with E-state index in [9.17, 15) is 13.2 Å². The minimum absolute atomic E-state index is 0.202. The monoisotopic (exact) mass is 440 g/mol. The minimum Gasteiger partial charge on any atom is -0.384 e. The molecule has 1 aliphatic rings. The molecule has 0 spiro atoms. The second kappa shape index (κ2) is 10.2. The van der Waals surface area contributed by atoms with E-state index >= 15 is 0 Å². The summed E-state index contributed by atoms with van der Waals surface area (Å²) >= 11 is 0. The van der Waals surface area contributed by atoms with Crippen LogP contribution in [0.1, 0.15) is 23.1 Å². The summed E-state index contributed by atoms with van der Waals surface area (Å²) in [6.07, 6.45) is 0.527. The molecule has 0 atom stereocenters. The molecule has 32 heavy (non-hydrogen) atoms. The molecule has 3 nitrogen and oxygen atoms in total. The predicted octanol–water partition coefficient (Wildman–Crippen LogP) is 5.23. The molecule has 6 heteroatoms. The fourth-order valence-corrected chi connectivity index (χ4v) is 3.68. The summed E-state index contributed by atoms with van der Waals surface area (Å²) in [5.41, 5.74) is 0.829. The van der Waals surface area contributed by atoms with Crippen LogP contribution in [0.4, 0.5) is 13.2 Å². The number of rotatable bonds is 5. The Morgan fingerprint density at radius 1 is 0.906 bits per heavy atom. The van der Waals surface area contributed by atoms with Gasteiger partial charge in [0.2, 0.25) is 0 Å². The quantitative estimate of drug-likeness (QED) is 0.509. The number of hydrogen-bond acceptors (Lipinski definition) is 3. The fourth-order valence-electron chi connectivity index (χ4n) is 3.68. The molecule has 1 saturated heterocycles. The van der Waals surface area contributed by atoms with Crippen molar-refractivity contribution in [1.82, 2.24) is 0 Å². The fraction of sp³-hybridized carbons (Fsp3) is 0.308. The lowest BCUT2D eigenvalue weighted by Gasteiger charge is -2.29. The van der Waals surface area contributed by atoms with E-state index in [0.717, 1.165) is 10.8 Å². The van der Waals surface area contributed by atoms with E-state index in [4.69, 9.17) is 14.2 Å². The normalized spacial score (nSPS) is 18.4. The van der Waals surface area contributed by atoms with Crippen molar-refractivity contribution >= 4 is 10.8 Å². The van der Waals surface area contributed by atoms with E-state index in [1.807, 2.05) is 0 Å². The van der Waals surface area contributed by atoms with Crippen LogP contribution in [0.3, 0.4) is 0 Å². The van der Waals surface area contributed by atoms with E-state index in [-0.39, 0.29) is 17.3 Å². The van der Waals surface area contributed by atoms with Crippen LogP contribution in [-0.4, -0.2) is 33.2 Å². The van der Waals surface area contributed by atoms with Gasteiger partial charge in [0.25, 0.3) is 0 Å². The van der Waals surface area contributed by atoms with Crippen LogP contribution < -0.4 is 0 Å². The number of ether oxygens (including phenoxy) is 3. The molecule has 0 bridgehead atoms. The highest BCUT2D eigenvalue weighted by Gasteiger charge is 2.22. The van der Waals surface area contributed by atoms with E-state index in [0.29, 0.717) is 43.8 Å². The van der Waals surface area contributed by atoms with E-state index in [2.05, 4.69) is 11.8 Å². The Balaban J connectivity index is 1.42. The largest absolute Gasteiger partial charge is 0.384 e. The summed E-state index contributed by atoms with van der Waals surface area (Å²) < 4.78 is 58.8. The van der Waals surface area contributed by atoms with Crippen LogP contribution in [0.25, 0.3) is 10.8 Å². The number of halogens is 3. The summed E-state index contributed by atoms with van der Waals surface area (Å²) in [5, 5.41) is 1.53. The molecular weight excluding hydrogens is 417 g/mol.